The first-order valence-corrected chi connectivity index (χ1v) is 7.54. The second kappa shape index (κ2) is 5.88. The number of piperazine rings is 1. The standard InChI is InChI=1S/C13H22N4OS/c1-5-14-9(2)12-10(3)15-13(19-12)17-7-6-16(4)11(18)8-17/h9,14H,5-8H2,1-4H3. The van der Waals surface area contributed by atoms with Crippen molar-refractivity contribution in [2.24, 2.45) is 0 Å². The van der Waals surface area contributed by atoms with Gasteiger partial charge in [0.15, 0.2) is 5.13 Å². The summed E-state index contributed by atoms with van der Waals surface area (Å²) in [5, 5.41) is 4.38. The predicted molar refractivity (Wildman–Crippen MR) is 78.8 cm³/mol. The Morgan fingerprint density at radius 3 is 2.84 bits per heavy atom. The summed E-state index contributed by atoms with van der Waals surface area (Å²) < 4.78 is 0. The van der Waals surface area contributed by atoms with E-state index in [1.807, 2.05) is 14.0 Å². The molecule has 0 bridgehead atoms. The first kappa shape index (κ1) is 14.3. The molecule has 1 unspecified atom stereocenters. The summed E-state index contributed by atoms with van der Waals surface area (Å²) in [7, 11) is 1.85. The van der Waals surface area contributed by atoms with Crippen molar-refractivity contribution in [3.05, 3.63) is 10.6 Å². The van der Waals surface area contributed by atoms with Gasteiger partial charge in [0.1, 0.15) is 0 Å². The van der Waals surface area contributed by atoms with Crippen LogP contribution in [0.5, 0.6) is 0 Å². The van der Waals surface area contributed by atoms with Crippen molar-refractivity contribution in [3.63, 3.8) is 0 Å². The number of carbonyl (C=O) groups is 1. The number of aryl methyl sites for hydroxylation is 1. The minimum atomic E-state index is 0.167. The average molecular weight is 282 g/mol. The predicted octanol–water partition coefficient (Wildman–Crippen LogP) is 1.40. The zero-order chi connectivity index (χ0) is 14.0. The Labute approximate surface area is 118 Å². The van der Waals surface area contributed by atoms with Gasteiger partial charge in [-0.2, -0.15) is 0 Å². The van der Waals surface area contributed by atoms with E-state index in [1.165, 1.54) is 4.88 Å². The molecular weight excluding hydrogens is 260 g/mol. The van der Waals surface area contributed by atoms with Gasteiger partial charge in [0, 0.05) is 31.1 Å². The minimum absolute atomic E-state index is 0.167. The molecular formula is C13H22N4OS. The number of aromatic nitrogens is 1. The number of hydrogen-bond acceptors (Lipinski definition) is 5. The first-order valence-electron chi connectivity index (χ1n) is 6.72. The van der Waals surface area contributed by atoms with E-state index < -0.39 is 0 Å². The fourth-order valence-electron chi connectivity index (χ4n) is 2.25. The summed E-state index contributed by atoms with van der Waals surface area (Å²) in [6.45, 7) is 9.33. The molecule has 1 aromatic heterocycles. The largest absolute Gasteiger partial charge is 0.342 e. The lowest BCUT2D eigenvalue weighted by Gasteiger charge is -2.31. The zero-order valence-corrected chi connectivity index (χ0v) is 12.9. The molecule has 19 heavy (non-hydrogen) atoms. The van der Waals surface area contributed by atoms with E-state index in [-0.39, 0.29) is 5.91 Å². The Balaban J connectivity index is 2.13. The summed E-state index contributed by atoms with van der Waals surface area (Å²) in [5.41, 5.74) is 1.07. The molecule has 2 heterocycles. The molecule has 0 spiro atoms. The van der Waals surface area contributed by atoms with Crippen LogP contribution in [-0.4, -0.2) is 49.0 Å². The molecule has 1 amide bonds. The van der Waals surface area contributed by atoms with E-state index >= 15 is 0 Å². The number of nitrogens with one attached hydrogen (secondary N) is 1. The monoisotopic (exact) mass is 282 g/mol. The van der Waals surface area contributed by atoms with E-state index in [1.54, 1.807) is 16.2 Å². The van der Waals surface area contributed by atoms with Crippen LogP contribution in [0.4, 0.5) is 5.13 Å². The van der Waals surface area contributed by atoms with Crippen molar-refractivity contribution in [2.75, 3.05) is 38.1 Å². The van der Waals surface area contributed by atoms with Crippen molar-refractivity contribution in [3.8, 4) is 0 Å². The number of likely N-dealkylation sites (N-methyl/N-ethyl adjacent to an activating group) is 1. The molecule has 106 valence electrons. The Morgan fingerprint density at radius 2 is 2.21 bits per heavy atom. The summed E-state index contributed by atoms with van der Waals surface area (Å²) in [6, 6.07) is 0.319. The van der Waals surface area contributed by atoms with Crippen molar-refractivity contribution in [1.29, 1.82) is 0 Å². The third-order valence-electron chi connectivity index (χ3n) is 3.45. The Hall–Kier alpha value is -1.14. The van der Waals surface area contributed by atoms with Crippen molar-refractivity contribution in [1.82, 2.24) is 15.2 Å². The lowest BCUT2D eigenvalue weighted by molar-refractivity contribution is -0.129. The minimum Gasteiger partial charge on any atom is -0.342 e. The third kappa shape index (κ3) is 3.06. The van der Waals surface area contributed by atoms with Gasteiger partial charge in [-0.25, -0.2) is 4.98 Å². The molecule has 0 aromatic carbocycles. The highest BCUT2D eigenvalue weighted by atomic mass is 32.1. The number of amides is 1. The van der Waals surface area contributed by atoms with E-state index in [0.29, 0.717) is 12.6 Å². The number of anilines is 1. The number of rotatable bonds is 4. The fraction of sp³-hybridized carbons (Fsp3) is 0.692. The van der Waals surface area contributed by atoms with Gasteiger partial charge < -0.3 is 15.1 Å². The summed E-state index contributed by atoms with van der Waals surface area (Å²) in [6.07, 6.45) is 0. The lowest BCUT2D eigenvalue weighted by Crippen LogP contribution is -2.48. The van der Waals surface area contributed by atoms with Crippen LogP contribution in [0.3, 0.4) is 0 Å². The second-order valence-corrected chi connectivity index (χ2v) is 5.97. The van der Waals surface area contributed by atoms with Gasteiger partial charge in [-0.05, 0) is 20.4 Å². The van der Waals surface area contributed by atoms with Crippen LogP contribution in [0.15, 0.2) is 0 Å². The molecule has 5 nitrogen and oxygen atoms in total. The molecule has 0 radical (unpaired) electrons. The van der Waals surface area contributed by atoms with Gasteiger partial charge in [-0.15, -0.1) is 0 Å². The van der Waals surface area contributed by atoms with Gasteiger partial charge in [0.2, 0.25) is 5.91 Å². The number of carbonyl (C=O) groups excluding carboxylic acids is 1. The average Bonchev–Trinajstić information content (AvgIpc) is 2.75. The molecule has 1 aromatic rings. The molecule has 1 aliphatic heterocycles. The van der Waals surface area contributed by atoms with Crippen LogP contribution < -0.4 is 10.2 Å². The van der Waals surface area contributed by atoms with Crippen LogP contribution in [-0.2, 0) is 4.79 Å². The van der Waals surface area contributed by atoms with E-state index in [4.69, 9.17) is 0 Å². The Kier molecular flexibility index (Phi) is 4.42. The van der Waals surface area contributed by atoms with Gasteiger partial charge in [0.25, 0.3) is 0 Å². The normalized spacial score (nSPS) is 18.0. The smallest absolute Gasteiger partial charge is 0.241 e. The van der Waals surface area contributed by atoms with Crippen LogP contribution in [0.25, 0.3) is 0 Å². The SMILES string of the molecule is CCNC(C)c1sc(N2CCN(C)C(=O)C2)nc1C. The van der Waals surface area contributed by atoms with Crippen molar-refractivity contribution >= 4 is 22.4 Å². The Bertz CT molecular complexity index is 459. The maximum absolute atomic E-state index is 11.8. The van der Waals surface area contributed by atoms with Gasteiger partial charge >= 0.3 is 0 Å². The molecule has 6 heteroatoms. The third-order valence-corrected chi connectivity index (χ3v) is 4.85. The fourth-order valence-corrected chi connectivity index (χ4v) is 3.37. The highest BCUT2D eigenvalue weighted by Gasteiger charge is 2.24. The molecule has 1 N–H and O–H groups in total. The van der Waals surface area contributed by atoms with E-state index in [0.717, 1.165) is 30.5 Å². The molecule has 0 aliphatic carbocycles. The summed E-state index contributed by atoms with van der Waals surface area (Å²) in [4.78, 5) is 21.5. The summed E-state index contributed by atoms with van der Waals surface area (Å²) in [5.74, 6) is 0.167. The summed E-state index contributed by atoms with van der Waals surface area (Å²) >= 11 is 1.70. The Morgan fingerprint density at radius 1 is 1.47 bits per heavy atom. The topological polar surface area (TPSA) is 48.5 Å². The maximum Gasteiger partial charge on any atom is 0.241 e. The second-order valence-electron chi connectivity index (χ2n) is 4.96. The number of nitrogens with zero attached hydrogens (tertiary/aromatic N) is 3. The van der Waals surface area contributed by atoms with E-state index in [9.17, 15) is 4.79 Å². The van der Waals surface area contributed by atoms with Crippen molar-refractivity contribution in [2.45, 2.75) is 26.8 Å². The lowest BCUT2D eigenvalue weighted by atomic mass is 10.2. The van der Waals surface area contributed by atoms with Crippen molar-refractivity contribution < 1.29 is 4.79 Å². The number of thiazole rings is 1. The quantitative estimate of drug-likeness (QED) is 0.907. The van der Waals surface area contributed by atoms with Crippen LogP contribution >= 0.6 is 11.3 Å². The van der Waals surface area contributed by atoms with Crippen LogP contribution in [0, 0.1) is 6.92 Å². The van der Waals surface area contributed by atoms with Crippen LogP contribution in [0.2, 0.25) is 0 Å². The number of hydrogen-bond donors (Lipinski definition) is 1. The zero-order valence-electron chi connectivity index (χ0n) is 12.1. The maximum atomic E-state index is 11.8. The van der Waals surface area contributed by atoms with E-state index in [2.05, 4.69) is 29.0 Å². The molecule has 1 saturated heterocycles. The molecule has 1 atom stereocenters. The molecule has 2 rings (SSSR count). The first-order chi connectivity index (χ1) is 9.02. The highest BCUT2D eigenvalue weighted by molar-refractivity contribution is 7.15. The molecule has 1 fully saturated rings. The van der Waals surface area contributed by atoms with Gasteiger partial charge in [-0.1, -0.05) is 18.3 Å². The highest BCUT2D eigenvalue weighted by Crippen LogP contribution is 2.31. The van der Waals surface area contributed by atoms with Gasteiger partial charge in [0.05, 0.1) is 12.2 Å². The molecule has 1 aliphatic rings. The van der Waals surface area contributed by atoms with Gasteiger partial charge in [-0.3, -0.25) is 4.79 Å². The van der Waals surface area contributed by atoms with Crippen LogP contribution in [0.1, 0.15) is 30.5 Å². The molecule has 0 saturated carbocycles.